The molecule has 0 spiro atoms. The summed E-state index contributed by atoms with van der Waals surface area (Å²) in [6, 6.07) is 1.67. The van der Waals surface area contributed by atoms with Gasteiger partial charge >= 0.3 is 5.97 Å². The number of ether oxygens (including phenoxy) is 1. The molecule has 1 aromatic heterocycles. The fraction of sp³-hybridized carbons (Fsp3) is 0.231. The van der Waals surface area contributed by atoms with E-state index in [0.717, 1.165) is 12.1 Å². The van der Waals surface area contributed by atoms with Gasteiger partial charge in [0, 0.05) is 5.56 Å². The molecule has 0 bridgehead atoms. The fourth-order valence-corrected chi connectivity index (χ4v) is 1.85. The fourth-order valence-electron chi connectivity index (χ4n) is 1.70. The van der Waals surface area contributed by atoms with Crippen LogP contribution in [-0.4, -0.2) is 17.7 Å². The van der Waals surface area contributed by atoms with E-state index in [-0.39, 0.29) is 34.2 Å². The van der Waals surface area contributed by atoms with Gasteiger partial charge in [0.05, 0.1) is 11.6 Å². The van der Waals surface area contributed by atoms with Crippen LogP contribution >= 0.6 is 11.6 Å². The average molecular weight is 302 g/mol. The molecule has 4 nitrogen and oxygen atoms in total. The zero-order valence-electron chi connectivity index (χ0n) is 10.7. The summed E-state index contributed by atoms with van der Waals surface area (Å²) in [5.41, 5.74) is -0.367. The molecule has 106 valence electrons. The van der Waals surface area contributed by atoms with Crippen molar-refractivity contribution in [3.63, 3.8) is 0 Å². The van der Waals surface area contributed by atoms with Crippen molar-refractivity contribution in [3.8, 4) is 11.3 Å². The van der Waals surface area contributed by atoms with Crippen molar-refractivity contribution in [3.05, 3.63) is 40.1 Å². The van der Waals surface area contributed by atoms with E-state index in [9.17, 15) is 13.6 Å². The molecule has 0 amide bonds. The van der Waals surface area contributed by atoms with Crippen LogP contribution in [0.2, 0.25) is 5.02 Å². The van der Waals surface area contributed by atoms with E-state index < -0.39 is 17.6 Å². The van der Waals surface area contributed by atoms with Crippen LogP contribution in [0.1, 0.15) is 23.0 Å². The van der Waals surface area contributed by atoms with Gasteiger partial charge in [-0.15, -0.1) is 0 Å². The second-order valence-corrected chi connectivity index (χ2v) is 4.34. The Morgan fingerprint density at radius 3 is 2.75 bits per heavy atom. The Kier molecular flexibility index (Phi) is 4.04. The first-order chi connectivity index (χ1) is 9.45. The topological polar surface area (TPSA) is 52.3 Å². The summed E-state index contributed by atoms with van der Waals surface area (Å²) in [6.07, 6.45) is 0. The molecule has 1 aromatic carbocycles. The summed E-state index contributed by atoms with van der Waals surface area (Å²) >= 11 is 5.48. The van der Waals surface area contributed by atoms with Gasteiger partial charge in [0.15, 0.2) is 0 Å². The van der Waals surface area contributed by atoms with E-state index in [1.54, 1.807) is 6.92 Å². The molecule has 0 aliphatic carbocycles. The number of halogens is 3. The Bertz CT molecular complexity index is 670. The molecule has 0 aliphatic rings. The quantitative estimate of drug-likeness (QED) is 0.640. The average Bonchev–Trinajstić information content (AvgIpc) is 2.76. The second-order valence-electron chi connectivity index (χ2n) is 3.93. The van der Waals surface area contributed by atoms with Gasteiger partial charge in [-0.1, -0.05) is 16.8 Å². The largest absolute Gasteiger partial charge is 0.462 e. The van der Waals surface area contributed by atoms with Gasteiger partial charge in [0.1, 0.15) is 28.7 Å². The third-order valence-electron chi connectivity index (χ3n) is 2.61. The highest BCUT2D eigenvalue weighted by molar-refractivity contribution is 6.30. The maximum absolute atomic E-state index is 13.9. The lowest BCUT2D eigenvalue weighted by molar-refractivity contribution is 0.0525. The lowest BCUT2D eigenvalue weighted by Gasteiger charge is -2.05. The van der Waals surface area contributed by atoms with Gasteiger partial charge < -0.3 is 9.26 Å². The molecular weight excluding hydrogens is 292 g/mol. The Morgan fingerprint density at radius 2 is 2.10 bits per heavy atom. The molecule has 0 unspecified atom stereocenters. The van der Waals surface area contributed by atoms with Crippen molar-refractivity contribution in [1.82, 2.24) is 5.16 Å². The Balaban J connectivity index is 2.59. The Hall–Kier alpha value is -1.95. The lowest BCUT2D eigenvalue weighted by atomic mass is 10.1. The maximum Gasteiger partial charge on any atom is 0.344 e. The number of hydrogen-bond acceptors (Lipinski definition) is 4. The van der Waals surface area contributed by atoms with Gasteiger partial charge in [-0.2, -0.15) is 0 Å². The van der Waals surface area contributed by atoms with Crippen molar-refractivity contribution in [2.45, 2.75) is 13.8 Å². The molecule has 0 fully saturated rings. The third-order valence-corrected chi connectivity index (χ3v) is 2.90. The maximum atomic E-state index is 13.9. The van der Waals surface area contributed by atoms with E-state index >= 15 is 0 Å². The van der Waals surface area contributed by atoms with E-state index in [2.05, 4.69) is 5.16 Å². The smallest absolute Gasteiger partial charge is 0.344 e. The van der Waals surface area contributed by atoms with Crippen LogP contribution in [-0.2, 0) is 4.74 Å². The number of aryl methyl sites for hydroxylation is 1. The minimum Gasteiger partial charge on any atom is -0.462 e. The minimum atomic E-state index is -0.821. The predicted molar refractivity (Wildman–Crippen MR) is 67.6 cm³/mol. The van der Waals surface area contributed by atoms with Gasteiger partial charge in [-0.25, -0.2) is 13.6 Å². The van der Waals surface area contributed by atoms with Crippen molar-refractivity contribution in [2.24, 2.45) is 0 Å². The molecule has 7 heteroatoms. The summed E-state index contributed by atoms with van der Waals surface area (Å²) in [5.74, 6) is -2.18. The normalized spacial score (nSPS) is 10.7. The number of carbonyl (C=O) groups is 1. The van der Waals surface area contributed by atoms with Crippen LogP contribution in [0.3, 0.4) is 0 Å². The molecular formula is C13H10ClF2NO3. The predicted octanol–water partition coefficient (Wildman–Crippen LogP) is 3.76. The minimum absolute atomic E-state index is 0.0347. The van der Waals surface area contributed by atoms with Gasteiger partial charge in [-0.05, 0) is 26.0 Å². The Morgan fingerprint density at radius 1 is 1.40 bits per heavy atom. The van der Waals surface area contributed by atoms with Crippen molar-refractivity contribution in [2.75, 3.05) is 6.61 Å². The number of rotatable bonds is 3. The van der Waals surface area contributed by atoms with Crippen molar-refractivity contribution >= 4 is 17.6 Å². The molecule has 0 aliphatic heterocycles. The monoisotopic (exact) mass is 301 g/mol. The van der Waals surface area contributed by atoms with Crippen LogP contribution < -0.4 is 0 Å². The molecule has 0 saturated heterocycles. The number of benzene rings is 1. The van der Waals surface area contributed by atoms with E-state index in [1.807, 2.05) is 0 Å². The molecule has 0 radical (unpaired) electrons. The summed E-state index contributed by atoms with van der Waals surface area (Å²) in [7, 11) is 0. The summed E-state index contributed by atoms with van der Waals surface area (Å²) in [5, 5.41) is 3.24. The first-order valence-electron chi connectivity index (χ1n) is 5.74. The zero-order valence-corrected chi connectivity index (χ0v) is 11.4. The first-order valence-corrected chi connectivity index (χ1v) is 6.11. The number of carbonyl (C=O) groups excluding carboxylic acids is 1. The van der Waals surface area contributed by atoms with Crippen molar-refractivity contribution in [1.29, 1.82) is 0 Å². The molecule has 2 rings (SSSR count). The van der Waals surface area contributed by atoms with Gasteiger partial charge in [-0.3, -0.25) is 0 Å². The molecule has 2 aromatic rings. The Labute approximate surface area is 118 Å². The highest BCUT2D eigenvalue weighted by Crippen LogP contribution is 2.31. The van der Waals surface area contributed by atoms with Crippen molar-refractivity contribution < 1.29 is 22.8 Å². The molecule has 1 heterocycles. The van der Waals surface area contributed by atoms with E-state index in [1.165, 1.54) is 6.92 Å². The first kappa shape index (κ1) is 14.5. The summed E-state index contributed by atoms with van der Waals surface area (Å²) in [6.45, 7) is 3.25. The molecule has 20 heavy (non-hydrogen) atoms. The van der Waals surface area contributed by atoms with Crippen LogP contribution in [0.5, 0.6) is 0 Å². The number of hydrogen-bond donors (Lipinski definition) is 0. The summed E-state index contributed by atoms with van der Waals surface area (Å²) in [4.78, 5) is 11.8. The standard InChI is InChI=1S/C13H10ClF2NO3/c1-3-19-13(18)11-6(2)20-17-12(11)7-4-10(16)8(14)5-9(7)15/h4-5H,3H2,1-2H3. The third kappa shape index (κ3) is 2.51. The summed E-state index contributed by atoms with van der Waals surface area (Å²) < 4.78 is 37.0. The van der Waals surface area contributed by atoms with Gasteiger partial charge in [0.2, 0.25) is 0 Å². The molecule has 0 saturated carbocycles. The zero-order chi connectivity index (χ0) is 14.9. The van der Waals surface area contributed by atoms with E-state index in [4.69, 9.17) is 20.9 Å². The lowest BCUT2D eigenvalue weighted by Crippen LogP contribution is -2.07. The van der Waals surface area contributed by atoms with Crippen LogP contribution in [0.25, 0.3) is 11.3 Å². The van der Waals surface area contributed by atoms with Crippen LogP contribution in [0.4, 0.5) is 8.78 Å². The molecule has 0 N–H and O–H groups in total. The van der Waals surface area contributed by atoms with Crippen LogP contribution in [0, 0.1) is 18.6 Å². The number of aromatic nitrogens is 1. The second kappa shape index (κ2) is 5.58. The number of nitrogens with zero attached hydrogens (tertiary/aromatic N) is 1. The van der Waals surface area contributed by atoms with Gasteiger partial charge in [0.25, 0.3) is 0 Å². The molecule has 0 atom stereocenters. The van der Waals surface area contributed by atoms with E-state index in [0.29, 0.717) is 0 Å². The highest BCUT2D eigenvalue weighted by Gasteiger charge is 2.25. The number of esters is 1. The highest BCUT2D eigenvalue weighted by atomic mass is 35.5. The van der Waals surface area contributed by atoms with Crippen LogP contribution in [0.15, 0.2) is 16.7 Å². The SMILES string of the molecule is CCOC(=O)c1c(-c2cc(F)c(Cl)cc2F)noc1C.